The van der Waals surface area contributed by atoms with Gasteiger partial charge in [-0.3, -0.25) is 4.79 Å². The zero-order valence-corrected chi connectivity index (χ0v) is 10.1. The van der Waals surface area contributed by atoms with E-state index in [0.29, 0.717) is 11.2 Å². The molecular formula is C11H16N4O. The summed E-state index contributed by atoms with van der Waals surface area (Å²) in [5.74, 6) is 0. The predicted octanol–water partition coefficient (Wildman–Crippen LogP) is 1.28. The maximum Gasteiger partial charge on any atom is 0.281 e. The van der Waals surface area contributed by atoms with Gasteiger partial charge in [0.1, 0.15) is 0 Å². The molecule has 0 N–H and O–H groups in total. The normalized spacial score (nSPS) is 12.2. The Labute approximate surface area is 93.8 Å². The van der Waals surface area contributed by atoms with E-state index in [0.717, 1.165) is 6.42 Å². The number of nitrogens with zero attached hydrogens (tertiary/aromatic N) is 4. The third-order valence-corrected chi connectivity index (χ3v) is 3.14. The molecule has 0 radical (unpaired) electrons. The molecule has 0 aliphatic carbocycles. The zero-order chi connectivity index (χ0) is 11.9. The topological polar surface area (TPSA) is 52.7 Å². The molecule has 0 atom stereocenters. The van der Waals surface area contributed by atoms with E-state index in [2.05, 4.69) is 30.7 Å². The Balaban J connectivity index is 2.77. The van der Waals surface area contributed by atoms with Crippen LogP contribution in [0.2, 0.25) is 0 Å². The number of aryl methyl sites for hydroxylation is 1. The molecular weight excluding hydrogens is 204 g/mol. The number of fused-ring (bicyclic) bond motifs is 1. The first kappa shape index (κ1) is 10.9. The smallest absolute Gasteiger partial charge is 0.281 e. The third kappa shape index (κ3) is 1.43. The lowest BCUT2D eigenvalue weighted by molar-refractivity contribution is 0.350. The Morgan fingerprint density at radius 2 is 2.00 bits per heavy atom. The Bertz CT molecular complexity index is 579. The molecule has 0 bridgehead atoms. The molecule has 0 aliphatic heterocycles. The second-order valence-electron chi connectivity index (χ2n) is 4.61. The van der Waals surface area contributed by atoms with E-state index >= 15 is 0 Å². The molecule has 0 aromatic carbocycles. The average molecular weight is 220 g/mol. The van der Waals surface area contributed by atoms with Gasteiger partial charge in [-0.15, -0.1) is 0 Å². The summed E-state index contributed by atoms with van der Waals surface area (Å²) in [6.45, 7) is 6.31. The molecule has 5 heteroatoms. The molecule has 0 saturated carbocycles. The fourth-order valence-electron chi connectivity index (χ4n) is 1.59. The van der Waals surface area contributed by atoms with Gasteiger partial charge >= 0.3 is 0 Å². The van der Waals surface area contributed by atoms with Gasteiger partial charge < -0.3 is 9.13 Å². The minimum atomic E-state index is -0.101. The van der Waals surface area contributed by atoms with Crippen molar-refractivity contribution in [2.24, 2.45) is 7.05 Å². The lowest BCUT2D eigenvalue weighted by Gasteiger charge is -2.24. The average Bonchev–Trinajstić information content (AvgIpc) is 2.68. The van der Waals surface area contributed by atoms with Crippen molar-refractivity contribution in [1.29, 1.82) is 0 Å². The first-order valence-electron chi connectivity index (χ1n) is 5.36. The van der Waals surface area contributed by atoms with Gasteiger partial charge in [-0.05, 0) is 20.3 Å². The van der Waals surface area contributed by atoms with Crippen molar-refractivity contribution >= 4 is 11.2 Å². The third-order valence-electron chi connectivity index (χ3n) is 3.14. The Kier molecular flexibility index (Phi) is 2.33. The predicted molar refractivity (Wildman–Crippen MR) is 62.4 cm³/mol. The van der Waals surface area contributed by atoms with Crippen molar-refractivity contribution in [2.45, 2.75) is 32.7 Å². The van der Waals surface area contributed by atoms with Crippen LogP contribution < -0.4 is 5.56 Å². The van der Waals surface area contributed by atoms with Crippen molar-refractivity contribution in [3.8, 4) is 0 Å². The zero-order valence-electron chi connectivity index (χ0n) is 10.1. The van der Waals surface area contributed by atoms with Crippen molar-refractivity contribution in [1.82, 2.24) is 19.1 Å². The molecule has 2 heterocycles. The minimum Gasteiger partial charge on any atom is -0.309 e. The van der Waals surface area contributed by atoms with Crippen molar-refractivity contribution in [2.75, 3.05) is 0 Å². The van der Waals surface area contributed by atoms with Gasteiger partial charge in [-0.25, -0.2) is 9.97 Å². The second-order valence-corrected chi connectivity index (χ2v) is 4.61. The van der Waals surface area contributed by atoms with Crippen LogP contribution in [0.25, 0.3) is 11.2 Å². The quantitative estimate of drug-likeness (QED) is 0.766. The van der Waals surface area contributed by atoms with Crippen LogP contribution in [0.15, 0.2) is 17.4 Å². The number of hydrogen-bond donors (Lipinski definition) is 0. The standard InChI is InChI=1S/C11H16N4O/c1-5-11(2,3)15-7-12-8-9(15)13-6-14(4)10(8)16/h6-7H,5H2,1-4H3. The summed E-state index contributed by atoms with van der Waals surface area (Å²) in [4.78, 5) is 20.2. The van der Waals surface area contributed by atoms with Crippen LogP contribution >= 0.6 is 0 Å². The molecule has 0 aliphatic rings. The van der Waals surface area contributed by atoms with Crippen LogP contribution in [0.1, 0.15) is 27.2 Å². The molecule has 0 unspecified atom stereocenters. The molecule has 0 spiro atoms. The Morgan fingerprint density at radius 1 is 1.31 bits per heavy atom. The van der Waals surface area contributed by atoms with Gasteiger partial charge in [0.15, 0.2) is 11.2 Å². The number of aromatic nitrogens is 4. The monoisotopic (exact) mass is 220 g/mol. The number of hydrogen-bond acceptors (Lipinski definition) is 3. The highest BCUT2D eigenvalue weighted by Crippen LogP contribution is 2.22. The summed E-state index contributed by atoms with van der Waals surface area (Å²) in [6, 6.07) is 0. The van der Waals surface area contributed by atoms with Crippen LogP contribution in [-0.2, 0) is 12.6 Å². The molecule has 0 saturated heterocycles. The summed E-state index contributed by atoms with van der Waals surface area (Å²) in [6.07, 6.45) is 4.19. The van der Waals surface area contributed by atoms with E-state index in [1.807, 2.05) is 4.57 Å². The van der Waals surface area contributed by atoms with Gasteiger partial charge in [0, 0.05) is 12.6 Å². The summed E-state index contributed by atoms with van der Waals surface area (Å²) in [5.41, 5.74) is 0.922. The largest absolute Gasteiger partial charge is 0.309 e. The molecule has 16 heavy (non-hydrogen) atoms. The van der Waals surface area contributed by atoms with E-state index in [4.69, 9.17) is 0 Å². The van der Waals surface area contributed by atoms with Gasteiger partial charge in [0.05, 0.1) is 12.7 Å². The fraction of sp³-hybridized carbons (Fsp3) is 0.545. The Hall–Kier alpha value is -1.65. The highest BCUT2D eigenvalue weighted by atomic mass is 16.1. The van der Waals surface area contributed by atoms with Gasteiger partial charge in [0.25, 0.3) is 5.56 Å². The molecule has 2 rings (SSSR count). The summed E-state index contributed by atoms with van der Waals surface area (Å²) in [5, 5.41) is 0. The van der Waals surface area contributed by atoms with E-state index < -0.39 is 0 Å². The van der Waals surface area contributed by atoms with E-state index in [9.17, 15) is 4.79 Å². The van der Waals surface area contributed by atoms with Crippen LogP contribution in [0.3, 0.4) is 0 Å². The fourth-order valence-corrected chi connectivity index (χ4v) is 1.59. The van der Waals surface area contributed by atoms with E-state index in [1.165, 1.54) is 10.9 Å². The molecule has 5 nitrogen and oxygen atoms in total. The number of imidazole rings is 1. The van der Waals surface area contributed by atoms with Crippen molar-refractivity contribution in [3.05, 3.63) is 23.0 Å². The second kappa shape index (κ2) is 3.43. The summed E-state index contributed by atoms with van der Waals surface area (Å²) >= 11 is 0. The van der Waals surface area contributed by atoms with Gasteiger partial charge in [0.2, 0.25) is 0 Å². The minimum absolute atomic E-state index is 0.0753. The maximum absolute atomic E-state index is 11.8. The molecule has 2 aromatic heterocycles. The summed E-state index contributed by atoms with van der Waals surface area (Å²) in [7, 11) is 1.68. The van der Waals surface area contributed by atoms with Crippen LogP contribution in [-0.4, -0.2) is 19.1 Å². The van der Waals surface area contributed by atoms with Crippen LogP contribution in [0.4, 0.5) is 0 Å². The van der Waals surface area contributed by atoms with Gasteiger partial charge in [-0.2, -0.15) is 0 Å². The molecule has 86 valence electrons. The lowest BCUT2D eigenvalue weighted by atomic mass is 10.0. The van der Waals surface area contributed by atoms with Gasteiger partial charge in [-0.1, -0.05) is 6.92 Å². The van der Waals surface area contributed by atoms with Crippen LogP contribution in [0, 0.1) is 0 Å². The molecule has 0 fully saturated rings. The highest BCUT2D eigenvalue weighted by molar-refractivity contribution is 5.69. The summed E-state index contributed by atoms with van der Waals surface area (Å²) < 4.78 is 3.41. The Morgan fingerprint density at radius 3 is 2.62 bits per heavy atom. The van der Waals surface area contributed by atoms with E-state index in [1.54, 1.807) is 13.4 Å². The lowest BCUT2D eigenvalue weighted by Crippen LogP contribution is -2.25. The molecule has 0 amide bonds. The van der Waals surface area contributed by atoms with Crippen molar-refractivity contribution < 1.29 is 0 Å². The maximum atomic E-state index is 11.8. The highest BCUT2D eigenvalue weighted by Gasteiger charge is 2.21. The van der Waals surface area contributed by atoms with Crippen molar-refractivity contribution in [3.63, 3.8) is 0 Å². The SMILES string of the molecule is CCC(C)(C)n1cnc2c(=O)n(C)cnc21. The first-order valence-corrected chi connectivity index (χ1v) is 5.36. The number of rotatable bonds is 2. The van der Waals surface area contributed by atoms with E-state index in [-0.39, 0.29) is 11.1 Å². The molecule has 2 aromatic rings. The van der Waals surface area contributed by atoms with Crippen LogP contribution in [0.5, 0.6) is 0 Å². The first-order chi connectivity index (χ1) is 7.47.